The lowest BCUT2D eigenvalue weighted by Gasteiger charge is -2.27. The molecule has 4 rings (SSSR count). The largest absolute Gasteiger partial charge is 0.493 e. The van der Waals surface area contributed by atoms with E-state index >= 15 is 0 Å². The smallest absolute Gasteiger partial charge is 0.281 e. The summed E-state index contributed by atoms with van der Waals surface area (Å²) in [6.07, 6.45) is 5.50. The Labute approximate surface area is 180 Å². The van der Waals surface area contributed by atoms with Crippen LogP contribution >= 0.6 is 0 Å². The number of carbonyl (C=O) groups excluding carboxylic acids is 2. The van der Waals surface area contributed by atoms with E-state index in [9.17, 15) is 9.59 Å². The highest BCUT2D eigenvalue weighted by atomic mass is 16.5. The molecule has 0 saturated heterocycles. The Morgan fingerprint density at radius 1 is 1.10 bits per heavy atom. The van der Waals surface area contributed by atoms with Gasteiger partial charge < -0.3 is 14.8 Å². The van der Waals surface area contributed by atoms with E-state index in [2.05, 4.69) is 5.32 Å². The standard InChI is InChI=1S/C24H23N3O4/c1-16-8-7-13-27-21(16)25-24(23(27)29,26-22(28)18-9-5-4-6-10-18)15-17-11-12-19(30-2)20(14-17)31-3/h4-14H,15H2,1-3H3,(H,26,28)/t24-/m0/s1. The van der Waals surface area contributed by atoms with Gasteiger partial charge in [0.1, 0.15) is 5.84 Å². The lowest BCUT2D eigenvalue weighted by atomic mass is 9.98. The third-order valence-electron chi connectivity index (χ3n) is 5.30. The second kappa shape index (κ2) is 8.10. The number of ether oxygens (including phenoxy) is 2. The molecule has 0 aromatic heterocycles. The van der Waals surface area contributed by atoms with Gasteiger partial charge in [-0.15, -0.1) is 0 Å². The molecule has 0 spiro atoms. The Balaban J connectivity index is 1.75. The summed E-state index contributed by atoms with van der Waals surface area (Å²) >= 11 is 0. The van der Waals surface area contributed by atoms with Crippen LogP contribution in [-0.2, 0) is 11.2 Å². The third-order valence-corrected chi connectivity index (χ3v) is 5.30. The molecule has 0 saturated carbocycles. The fourth-order valence-electron chi connectivity index (χ4n) is 3.72. The Morgan fingerprint density at radius 2 is 1.84 bits per heavy atom. The van der Waals surface area contributed by atoms with Crippen molar-refractivity contribution >= 4 is 17.6 Å². The van der Waals surface area contributed by atoms with Crippen LogP contribution in [0.5, 0.6) is 11.5 Å². The van der Waals surface area contributed by atoms with E-state index < -0.39 is 5.66 Å². The van der Waals surface area contributed by atoms with Gasteiger partial charge in [0.25, 0.3) is 11.8 Å². The highest BCUT2D eigenvalue weighted by Gasteiger charge is 2.49. The maximum Gasteiger partial charge on any atom is 0.281 e. The van der Waals surface area contributed by atoms with Crippen LogP contribution in [0.3, 0.4) is 0 Å². The molecule has 0 unspecified atom stereocenters. The number of aliphatic imine (C=N–C) groups is 1. The molecule has 0 bridgehead atoms. The summed E-state index contributed by atoms with van der Waals surface area (Å²) in [6, 6.07) is 14.2. The molecule has 0 fully saturated rings. The Bertz CT molecular complexity index is 1120. The van der Waals surface area contributed by atoms with E-state index in [1.807, 2.05) is 25.1 Å². The highest BCUT2D eigenvalue weighted by molar-refractivity contribution is 6.17. The van der Waals surface area contributed by atoms with Gasteiger partial charge in [0.15, 0.2) is 11.5 Å². The van der Waals surface area contributed by atoms with Gasteiger partial charge in [0.05, 0.1) is 14.2 Å². The van der Waals surface area contributed by atoms with Gasteiger partial charge in [-0.25, -0.2) is 4.99 Å². The van der Waals surface area contributed by atoms with Gasteiger partial charge >= 0.3 is 0 Å². The van der Waals surface area contributed by atoms with Gasteiger partial charge in [-0.3, -0.25) is 14.5 Å². The summed E-state index contributed by atoms with van der Waals surface area (Å²) in [4.78, 5) is 32.8. The van der Waals surface area contributed by atoms with E-state index in [0.29, 0.717) is 22.9 Å². The van der Waals surface area contributed by atoms with Crippen molar-refractivity contribution in [2.24, 2.45) is 4.99 Å². The minimum Gasteiger partial charge on any atom is -0.493 e. The molecule has 0 radical (unpaired) electrons. The first kappa shape index (κ1) is 20.4. The highest BCUT2D eigenvalue weighted by Crippen LogP contribution is 2.33. The van der Waals surface area contributed by atoms with E-state index in [0.717, 1.165) is 11.1 Å². The molecule has 2 amide bonds. The van der Waals surface area contributed by atoms with E-state index in [4.69, 9.17) is 14.5 Å². The minimum atomic E-state index is -1.48. The molecule has 1 N–H and O–H groups in total. The maximum atomic E-state index is 13.5. The summed E-state index contributed by atoms with van der Waals surface area (Å²) in [5.74, 6) is 0.962. The number of amidine groups is 1. The number of hydrogen-bond donors (Lipinski definition) is 1. The third kappa shape index (κ3) is 3.70. The fraction of sp³-hybridized carbons (Fsp3) is 0.208. The van der Waals surface area contributed by atoms with E-state index in [1.165, 1.54) is 4.90 Å². The maximum absolute atomic E-state index is 13.5. The lowest BCUT2D eigenvalue weighted by molar-refractivity contribution is -0.130. The zero-order chi connectivity index (χ0) is 22.0. The zero-order valence-corrected chi connectivity index (χ0v) is 17.6. The predicted octanol–water partition coefficient (Wildman–Crippen LogP) is 3.09. The summed E-state index contributed by atoms with van der Waals surface area (Å²) in [5.41, 5.74) is 0.592. The van der Waals surface area contributed by atoms with Gasteiger partial charge in [-0.2, -0.15) is 0 Å². The molecule has 31 heavy (non-hydrogen) atoms. The van der Waals surface area contributed by atoms with Gasteiger partial charge in [0, 0.05) is 18.2 Å². The first-order valence-corrected chi connectivity index (χ1v) is 9.85. The number of rotatable bonds is 6. The van der Waals surface area contributed by atoms with Crippen molar-refractivity contribution in [1.82, 2.24) is 10.2 Å². The Morgan fingerprint density at radius 3 is 2.52 bits per heavy atom. The number of fused-ring (bicyclic) bond motifs is 1. The number of amides is 2. The monoisotopic (exact) mass is 417 g/mol. The molecule has 158 valence electrons. The fourth-order valence-corrected chi connectivity index (χ4v) is 3.72. The van der Waals surface area contributed by atoms with Crippen LogP contribution in [0.25, 0.3) is 0 Å². The van der Waals surface area contributed by atoms with Crippen LogP contribution in [-0.4, -0.2) is 42.4 Å². The van der Waals surface area contributed by atoms with Crippen molar-refractivity contribution in [3.05, 3.63) is 83.6 Å². The van der Waals surface area contributed by atoms with Crippen LogP contribution < -0.4 is 14.8 Å². The quantitative estimate of drug-likeness (QED) is 0.783. The van der Waals surface area contributed by atoms with Crippen LogP contribution in [0.1, 0.15) is 22.8 Å². The summed E-state index contributed by atoms with van der Waals surface area (Å²) in [6.45, 7) is 1.88. The molecule has 2 aromatic rings. The first-order chi connectivity index (χ1) is 15.0. The van der Waals surface area contributed by atoms with Gasteiger partial charge in [0.2, 0.25) is 5.66 Å². The van der Waals surface area contributed by atoms with Crippen LogP contribution in [0.15, 0.2) is 77.4 Å². The summed E-state index contributed by atoms with van der Waals surface area (Å²) in [5, 5.41) is 2.90. The molecule has 2 heterocycles. The average molecular weight is 417 g/mol. The molecular weight excluding hydrogens is 394 g/mol. The molecular formula is C24H23N3O4. The second-order valence-electron chi connectivity index (χ2n) is 7.35. The Hall–Kier alpha value is -3.87. The molecule has 2 aromatic carbocycles. The summed E-state index contributed by atoms with van der Waals surface area (Å²) in [7, 11) is 3.11. The van der Waals surface area contributed by atoms with E-state index in [-0.39, 0.29) is 18.2 Å². The number of hydrogen-bond acceptors (Lipinski definition) is 5. The normalized spacial score (nSPS) is 19.5. The van der Waals surface area contributed by atoms with E-state index in [1.54, 1.807) is 62.9 Å². The average Bonchev–Trinajstić information content (AvgIpc) is 3.07. The number of carbonyl (C=O) groups is 2. The van der Waals surface area contributed by atoms with Crippen molar-refractivity contribution in [3.8, 4) is 11.5 Å². The topological polar surface area (TPSA) is 80.2 Å². The van der Waals surface area contributed by atoms with Crippen molar-refractivity contribution < 1.29 is 19.1 Å². The molecule has 1 atom stereocenters. The number of benzene rings is 2. The van der Waals surface area contributed by atoms with Crippen molar-refractivity contribution in [3.63, 3.8) is 0 Å². The minimum absolute atomic E-state index is 0.159. The zero-order valence-electron chi connectivity index (χ0n) is 17.6. The molecule has 7 nitrogen and oxygen atoms in total. The van der Waals surface area contributed by atoms with Crippen molar-refractivity contribution in [2.75, 3.05) is 14.2 Å². The SMILES string of the molecule is COc1ccc(C[C@@]2(NC(=O)c3ccccc3)N=C3C(C)=CC=CN3C2=O)cc1OC. The lowest BCUT2D eigenvalue weighted by Crippen LogP contribution is -2.55. The molecule has 2 aliphatic rings. The number of allylic oxidation sites excluding steroid dienone is 2. The predicted molar refractivity (Wildman–Crippen MR) is 117 cm³/mol. The van der Waals surface area contributed by atoms with Crippen LogP contribution in [0, 0.1) is 0 Å². The number of nitrogens with zero attached hydrogens (tertiary/aromatic N) is 2. The summed E-state index contributed by atoms with van der Waals surface area (Å²) < 4.78 is 10.7. The van der Waals surface area contributed by atoms with Gasteiger partial charge in [-0.1, -0.05) is 30.3 Å². The number of methoxy groups -OCH3 is 2. The number of nitrogens with one attached hydrogen (secondary N) is 1. The van der Waals surface area contributed by atoms with Crippen molar-refractivity contribution in [1.29, 1.82) is 0 Å². The van der Waals surface area contributed by atoms with Crippen LogP contribution in [0.2, 0.25) is 0 Å². The Kier molecular flexibility index (Phi) is 5.33. The second-order valence-corrected chi connectivity index (χ2v) is 7.35. The van der Waals surface area contributed by atoms with Gasteiger partial charge in [-0.05, 0) is 48.4 Å². The van der Waals surface area contributed by atoms with Crippen molar-refractivity contribution in [2.45, 2.75) is 19.0 Å². The molecule has 0 aliphatic carbocycles. The van der Waals surface area contributed by atoms with Crippen LogP contribution in [0.4, 0.5) is 0 Å². The first-order valence-electron chi connectivity index (χ1n) is 9.85. The molecule has 7 heteroatoms. The molecule has 2 aliphatic heterocycles.